The van der Waals surface area contributed by atoms with E-state index in [0.717, 1.165) is 38.4 Å². The summed E-state index contributed by atoms with van der Waals surface area (Å²) in [6.07, 6.45) is 9.13. The third kappa shape index (κ3) is 12.7. The molecule has 3 N–H and O–H groups in total. The summed E-state index contributed by atoms with van der Waals surface area (Å²) in [7, 11) is 2.06. The number of guanidine groups is 2. The highest BCUT2D eigenvalue weighted by molar-refractivity contribution is 6.00. The number of nitrogens with one attached hydrogen (secondary N) is 2. The van der Waals surface area contributed by atoms with Gasteiger partial charge in [0.05, 0.1) is 0 Å². The smallest absolute Gasteiger partial charge is 0.300 e. The molecule has 31 heavy (non-hydrogen) atoms. The second kappa shape index (κ2) is 14.4. The Morgan fingerprint density at radius 2 is 1.68 bits per heavy atom. The summed E-state index contributed by atoms with van der Waals surface area (Å²) in [6, 6.07) is 10.5. The van der Waals surface area contributed by atoms with Crippen LogP contribution in [0.4, 0.5) is 0 Å². The van der Waals surface area contributed by atoms with Gasteiger partial charge in [0, 0.05) is 27.1 Å². The van der Waals surface area contributed by atoms with Crippen molar-refractivity contribution in [3.63, 3.8) is 0 Å². The largest absolute Gasteiger partial charge is 0.481 e. The Balaban J connectivity index is 0.00000110. The Labute approximate surface area is 188 Å². The molecule has 174 valence electrons. The summed E-state index contributed by atoms with van der Waals surface area (Å²) in [6.45, 7) is 9.17. The molecule has 0 atom stereocenters. The first-order chi connectivity index (χ1) is 14.7. The van der Waals surface area contributed by atoms with Gasteiger partial charge in [-0.1, -0.05) is 75.8 Å². The van der Waals surface area contributed by atoms with Gasteiger partial charge in [-0.3, -0.25) is 15.1 Å². The third-order valence-electron chi connectivity index (χ3n) is 4.70. The SMILES string of the molecule is CC(=O)O.CCCCCCCCCN=C1NC(N(C)Cc2ccccc2)=NC(C)(C)N1. The van der Waals surface area contributed by atoms with Gasteiger partial charge in [-0.2, -0.15) is 0 Å². The van der Waals surface area contributed by atoms with Gasteiger partial charge in [-0.15, -0.1) is 0 Å². The second-order valence-corrected chi connectivity index (χ2v) is 8.46. The molecule has 1 heterocycles. The molecule has 0 bridgehead atoms. The maximum absolute atomic E-state index is 9.00. The van der Waals surface area contributed by atoms with Gasteiger partial charge in [0.2, 0.25) is 5.96 Å². The highest BCUT2D eigenvalue weighted by Crippen LogP contribution is 2.12. The molecule has 1 aromatic rings. The molecule has 7 heteroatoms. The molecule has 1 aliphatic rings. The van der Waals surface area contributed by atoms with Crippen molar-refractivity contribution in [3.8, 4) is 0 Å². The van der Waals surface area contributed by atoms with E-state index in [1.807, 2.05) is 6.07 Å². The molecule has 0 amide bonds. The summed E-state index contributed by atoms with van der Waals surface area (Å²) in [5, 5.41) is 14.2. The average molecular weight is 432 g/mol. The zero-order chi connectivity index (χ0) is 23.1. The van der Waals surface area contributed by atoms with Gasteiger partial charge in [0.25, 0.3) is 5.97 Å². The Kier molecular flexibility index (Phi) is 12.3. The zero-order valence-corrected chi connectivity index (χ0v) is 19.9. The fourth-order valence-corrected chi connectivity index (χ4v) is 3.20. The van der Waals surface area contributed by atoms with Crippen molar-refractivity contribution in [1.82, 2.24) is 15.5 Å². The Morgan fingerprint density at radius 1 is 1.10 bits per heavy atom. The first-order valence-electron chi connectivity index (χ1n) is 11.4. The Bertz CT molecular complexity index is 697. The molecule has 1 aromatic carbocycles. The summed E-state index contributed by atoms with van der Waals surface area (Å²) in [4.78, 5) is 20.7. The third-order valence-corrected chi connectivity index (χ3v) is 4.70. The van der Waals surface area contributed by atoms with E-state index in [2.05, 4.69) is 67.6 Å². The topological polar surface area (TPSA) is 89.3 Å². The van der Waals surface area contributed by atoms with Crippen LogP contribution in [0.15, 0.2) is 40.3 Å². The van der Waals surface area contributed by atoms with E-state index in [4.69, 9.17) is 19.9 Å². The van der Waals surface area contributed by atoms with Crippen molar-refractivity contribution in [1.29, 1.82) is 0 Å². The minimum absolute atomic E-state index is 0.357. The number of hydrogen-bond donors (Lipinski definition) is 3. The van der Waals surface area contributed by atoms with Crippen LogP contribution in [0.2, 0.25) is 0 Å². The van der Waals surface area contributed by atoms with Gasteiger partial charge in [0.15, 0.2) is 5.96 Å². The minimum Gasteiger partial charge on any atom is -0.481 e. The molecule has 7 nitrogen and oxygen atoms in total. The Hall–Kier alpha value is -2.57. The van der Waals surface area contributed by atoms with Crippen LogP contribution in [0, 0.1) is 0 Å². The number of benzene rings is 1. The highest BCUT2D eigenvalue weighted by Gasteiger charge is 2.26. The molecule has 1 aliphatic heterocycles. The van der Waals surface area contributed by atoms with Crippen LogP contribution in [0.25, 0.3) is 0 Å². The molecule has 0 saturated carbocycles. The Morgan fingerprint density at radius 3 is 2.29 bits per heavy atom. The maximum Gasteiger partial charge on any atom is 0.300 e. The predicted molar refractivity (Wildman–Crippen MR) is 129 cm³/mol. The molecule has 0 spiro atoms. The van der Waals surface area contributed by atoms with Crippen LogP contribution in [-0.2, 0) is 11.3 Å². The quantitative estimate of drug-likeness (QED) is 0.471. The van der Waals surface area contributed by atoms with Crippen LogP contribution in [0.3, 0.4) is 0 Å². The van der Waals surface area contributed by atoms with Crippen molar-refractivity contribution >= 4 is 17.9 Å². The molecular weight excluding hydrogens is 390 g/mol. The van der Waals surface area contributed by atoms with Gasteiger partial charge >= 0.3 is 0 Å². The number of unbranched alkanes of at least 4 members (excludes halogenated alkanes) is 6. The van der Waals surface area contributed by atoms with Gasteiger partial charge in [-0.25, -0.2) is 4.99 Å². The van der Waals surface area contributed by atoms with Gasteiger partial charge < -0.3 is 15.3 Å². The molecule has 0 unspecified atom stereocenters. The van der Waals surface area contributed by atoms with E-state index in [1.165, 1.54) is 44.1 Å². The van der Waals surface area contributed by atoms with Crippen molar-refractivity contribution in [2.45, 2.75) is 84.8 Å². The van der Waals surface area contributed by atoms with Gasteiger partial charge in [0.1, 0.15) is 5.66 Å². The first kappa shape index (κ1) is 26.5. The number of aliphatic imine (C=N–C) groups is 2. The summed E-state index contributed by atoms with van der Waals surface area (Å²) < 4.78 is 0. The molecule has 0 saturated heterocycles. The number of aliphatic carboxylic acids is 1. The molecule has 0 aliphatic carbocycles. The second-order valence-electron chi connectivity index (χ2n) is 8.46. The monoisotopic (exact) mass is 431 g/mol. The number of nitrogens with zero attached hydrogens (tertiary/aromatic N) is 3. The van der Waals surface area contributed by atoms with E-state index >= 15 is 0 Å². The molecule has 0 fully saturated rings. The molecule has 2 rings (SSSR count). The van der Waals surface area contributed by atoms with Crippen LogP contribution in [-0.4, -0.2) is 47.2 Å². The molecule has 0 radical (unpaired) electrons. The molecular formula is C24H41N5O2. The van der Waals surface area contributed by atoms with E-state index < -0.39 is 5.97 Å². The van der Waals surface area contributed by atoms with Crippen molar-refractivity contribution in [2.75, 3.05) is 13.6 Å². The normalized spacial score (nSPS) is 15.8. The van der Waals surface area contributed by atoms with Crippen LogP contribution >= 0.6 is 0 Å². The van der Waals surface area contributed by atoms with Crippen molar-refractivity contribution < 1.29 is 9.90 Å². The fourth-order valence-electron chi connectivity index (χ4n) is 3.20. The number of carboxylic acids is 1. The highest BCUT2D eigenvalue weighted by atomic mass is 16.4. The van der Waals surface area contributed by atoms with E-state index in [9.17, 15) is 0 Å². The lowest BCUT2D eigenvalue weighted by atomic mass is 10.1. The van der Waals surface area contributed by atoms with Crippen LogP contribution in [0.1, 0.15) is 78.2 Å². The van der Waals surface area contributed by atoms with E-state index in [1.54, 1.807) is 0 Å². The number of carbonyl (C=O) groups is 1. The van der Waals surface area contributed by atoms with E-state index in [-0.39, 0.29) is 5.66 Å². The van der Waals surface area contributed by atoms with Crippen LogP contribution < -0.4 is 10.6 Å². The lowest BCUT2D eigenvalue weighted by Crippen LogP contribution is -2.59. The fraction of sp³-hybridized carbons (Fsp3) is 0.625. The number of rotatable bonds is 10. The predicted octanol–water partition coefficient (Wildman–Crippen LogP) is 4.60. The van der Waals surface area contributed by atoms with Crippen LogP contribution in [0.5, 0.6) is 0 Å². The summed E-state index contributed by atoms with van der Waals surface area (Å²) in [5.74, 6) is 0.858. The van der Waals surface area contributed by atoms with E-state index in [0.29, 0.717) is 0 Å². The average Bonchev–Trinajstić information content (AvgIpc) is 2.69. The van der Waals surface area contributed by atoms with Crippen molar-refractivity contribution in [2.24, 2.45) is 9.98 Å². The number of hydrogen-bond acceptors (Lipinski definition) is 4. The lowest BCUT2D eigenvalue weighted by molar-refractivity contribution is -0.134. The van der Waals surface area contributed by atoms with Crippen molar-refractivity contribution in [3.05, 3.63) is 35.9 Å². The lowest BCUT2D eigenvalue weighted by Gasteiger charge is -2.34. The van der Waals surface area contributed by atoms with Gasteiger partial charge in [-0.05, 0) is 25.8 Å². The zero-order valence-electron chi connectivity index (χ0n) is 19.9. The maximum atomic E-state index is 9.00. The molecule has 0 aromatic heterocycles. The first-order valence-corrected chi connectivity index (χ1v) is 11.4. The standard InChI is InChI=1S/C22H37N5.C2H4O2/c1-5-6-7-8-9-10-14-17-23-20-24-21(26-22(2,3)25-20)27(4)18-19-15-12-11-13-16-19;1-2(3)4/h11-13,15-16H,5-10,14,17-18H2,1-4H3,(H2,23,24,25,26);1H3,(H,3,4). The number of carboxylic acid groups (broad SMARTS) is 1. The minimum atomic E-state index is -0.833. The summed E-state index contributed by atoms with van der Waals surface area (Å²) in [5.41, 5.74) is 0.909. The summed E-state index contributed by atoms with van der Waals surface area (Å²) >= 11 is 0.